The van der Waals surface area contributed by atoms with Crippen LogP contribution in [-0.2, 0) is 0 Å². The van der Waals surface area contributed by atoms with Crippen LogP contribution in [0.25, 0.3) is 10.6 Å². The highest BCUT2D eigenvalue weighted by Crippen LogP contribution is 2.35. The number of rotatable bonds is 8. The summed E-state index contributed by atoms with van der Waals surface area (Å²) in [5.41, 5.74) is 11.2. The first-order valence-corrected chi connectivity index (χ1v) is 9.89. The number of anilines is 2. The van der Waals surface area contributed by atoms with Gasteiger partial charge in [0.15, 0.2) is 5.69 Å². The number of nitrogens with two attached hydrogens (primary N) is 2. The lowest BCUT2D eigenvalue weighted by atomic mass is 10.2. The van der Waals surface area contributed by atoms with Gasteiger partial charge in [0.05, 0.1) is 18.4 Å². The van der Waals surface area contributed by atoms with Crippen molar-refractivity contribution in [3.63, 3.8) is 0 Å². The summed E-state index contributed by atoms with van der Waals surface area (Å²) in [5, 5.41) is 3.09. The number of nitrogens with zero attached hydrogens (tertiary/aromatic N) is 2. The van der Waals surface area contributed by atoms with E-state index in [1.54, 1.807) is 0 Å². The minimum Gasteiger partial charge on any atom is -0.481 e. The van der Waals surface area contributed by atoms with Crippen LogP contribution in [0.15, 0.2) is 24.4 Å². The second-order valence-corrected chi connectivity index (χ2v) is 7.45. The molecule has 0 aliphatic heterocycles. The molecule has 2 aromatic heterocycles. The molecule has 0 saturated heterocycles. The zero-order valence-electron chi connectivity index (χ0n) is 14.6. The first kappa shape index (κ1) is 20.1. The van der Waals surface area contributed by atoms with E-state index in [0.717, 1.165) is 47.8 Å². The summed E-state index contributed by atoms with van der Waals surface area (Å²) in [4.78, 5) is 16.6. The number of amides is 1. The lowest BCUT2D eigenvalue weighted by Gasteiger charge is -2.06. The van der Waals surface area contributed by atoms with Gasteiger partial charge in [-0.3, -0.25) is 4.79 Å². The Balaban J connectivity index is 1.76. The van der Waals surface area contributed by atoms with Gasteiger partial charge in [0, 0.05) is 11.5 Å². The van der Waals surface area contributed by atoms with Crippen LogP contribution in [0.2, 0.25) is 0 Å². The Morgan fingerprint density at radius 3 is 2.71 bits per heavy atom. The maximum absolute atomic E-state index is 14.0. The summed E-state index contributed by atoms with van der Waals surface area (Å²) in [6.45, 7) is 1.02. The van der Waals surface area contributed by atoms with Crippen LogP contribution >= 0.6 is 22.9 Å². The van der Waals surface area contributed by atoms with E-state index in [1.165, 1.54) is 12.3 Å². The Labute approximate surface area is 167 Å². The topological polar surface area (TPSA) is 116 Å². The molecular formula is C17H17F2N5O2S2. The quantitative estimate of drug-likeness (QED) is 0.476. The number of nitrogens with one attached hydrogen (secondary N) is 1. The molecule has 5 N–H and O–H groups in total. The fraction of sp³-hybridized carbons (Fsp3) is 0.235. The number of thiazole rings is 1. The molecule has 148 valence electrons. The van der Waals surface area contributed by atoms with Crippen molar-refractivity contribution in [1.29, 1.82) is 0 Å². The number of carbonyl (C=O) groups is 1. The van der Waals surface area contributed by atoms with Crippen molar-refractivity contribution >= 4 is 39.5 Å². The predicted octanol–water partition coefficient (Wildman–Crippen LogP) is 3.50. The summed E-state index contributed by atoms with van der Waals surface area (Å²) in [6.07, 6.45) is 3.05. The highest BCUT2D eigenvalue weighted by Gasteiger charge is 2.22. The number of carbonyl (C=O) groups excluding carboxylic acids is 1. The molecule has 0 fully saturated rings. The van der Waals surface area contributed by atoms with Crippen LogP contribution in [0, 0.1) is 11.6 Å². The normalized spacial score (nSPS) is 10.8. The second-order valence-electron chi connectivity index (χ2n) is 5.65. The fourth-order valence-corrected chi connectivity index (χ4v) is 3.78. The van der Waals surface area contributed by atoms with Gasteiger partial charge in [-0.25, -0.2) is 13.8 Å². The number of hydrogen-bond acceptors (Lipinski definition) is 8. The third-order valence-corrected chi connectivity index (χ3v) is 5.28. The molecule has 0 unspecified atom stereocenters. The zero-order valence-corrected chi connectivity index (χ0v) is 16.2. The third kappa shape index (κ3) is 4.43. The molecule has 0 spiro atoms. The molecule has 0 radical (unpaired) electrons. The number of halogens is 2. The minimum atomic E-state index is -0.782. The van der Waals surface area contributed by atoms with Gasteiger partial charge in [-0.05, 0) is 31.5 Å². The Hall–Kier alpha value is -2.63. The fourth-order valence-electron chi connectivity index (χ4n) is 2.31. The highest BCUT2D eigenvalue weighted by molar-refractivity contribution is 7.19. The average Bonchev–Trinajstić information content (AvgIpc) is 3.25. The molecule has 3 rings (SSSR count). The van der Waals surface area contributed by atoms with Gasteiger partial charge < -0.3 is 21.5 Å². The summed E-state index contributed by atoms with van der Waals surface area (Å²) in [5.74, 6) is -2.18. The van der Waals surface area contributed by atoms with Crippen LogP contribution in [0.1, 0.15) is 23.3 Å². The van der Waals surface area contributed by atoms with Gasteiger partial charge in [-0.2, -0.15) is 4.37 Å². The number of ether oxygens (including phenoxy) is 1. The van der Waals surface area contributed by atoms with Crippen molar-refractivity contribution in [3.8, 4) is 15.6 Å². The summed E-state index contributed by atoms with van der Waals surface area (Å²) < 4.78 is 37.5. The van der Waals surface area contributed by atoms with Crippen molar-refractivity contribution in [2.45, 2.75) is 12.8 Å². The number of aromatic nitrogens is 2. The lowest BCUT2D eigenvalue weighted by Crippen LogP contribution is -2.14. The molecule has 2 heterocycles. The molecule has 0 atom stereocenters. The molecule has 0 bridgehead atoms. The number of nitrogen functional groups attached to an aromatic ring is 1. The van der Waals surface area contributed by atoms with Gasteiger partial charge in [0.1, 0.15) is 27.3 Å². The Kier molecular flexibility index (Phi) is 6.49. The summed E-state index contributed by atoms with van der Waals surface area (Å²) in [6, 6.07) is 3.47. The third-order valence-electron chi connectivity index (χ3n) is 3.66. The van der Waals surface area contributed by atoms with E-state index < -0.39 is 17.5 Å². The van der Waals surface area contributed by atoms with Gasteiger partial charge in [-0.15, -0.1) is 0 Å². The van der Waals surface area contributed by atoms with Crippen molar-refractivity contribution < 1.29 is 18.3 Å². The Bertz CT molecular complexity index is 956. The maximum Gasteiger partial charge on any atom is 0.277 e. The van der Waals surface area contributed by atoms with Crippen molar-refractivity contribution in [3.05, 3.63) is 41.7 Å². The lowest BCUT2D eigenvalue weighted by molar-refractivity contribution is 0.102. The SMILES string of the molecule is NCCCCOc1sncc1NC(=O)c1nc(-c2c(F)cccc2F)sc1N. The first-order valence-electron chi connectivity index (χ1n) is 8.30. The van der Waals surface area contributed by atoms with Crippen molar-refractivity contribution in [1.82, 2.24) is 9.36 Å². The monoisotopic (exact) mass is 425 g/mol. The number of hydrogen-bond donors (Lipinski definition) is 3. The van der Waals surface area contributed by atoms with E-state index in [4.69, 9.17) is 16.2 Å². The smallest absolute Gasteiger partial charge is 0.277 e. The molecular weight excluding hydrogens is 408 g/mol. The second kappa shape index (κ2) is 9.04. The first-order chi connectivity index (χ1) is 13.5. The largest absolute Gasteiger partial charge is 0.481 e. The Morgan fingerprint density at radius 2 is 2.00 bits per heavy atom. The van der Waals surface area contributed by atoms with Crippen LogP contribution in [0.3, 0.4) is 0 Å². The molecule has 0 aliphatic rings. The molecule has 28 heavy (non-hydrogen) atoms. The molecule has 1 amide bonds. The van der Waals surface area contributed by atoms with E-state index in [1.807, 2.05) is 0 Å². The van der Waals surface area contributed by atoms with E-state index in [9.17, 15) is 13.6 Å². The van der Waals surface area contributed by atoms with Crippen LogP contribution in [0.5, 0.6) is 5.06 Å². The minimum absolute atomic E-state index is 0.0139. The molecule has 7 nitrogen and oxygen atoms in total. The molecule has 0 saturated carbocycles. The van der Waals surface area contributed by atoms with Crippen LogP contribution in [-0.4, -0.2) is 28.4 Å². The molecule has 1 aromatic carbocycles. The standard InChI is InChI=1S/C17H17F2N5O2S2/c18-9-4-3-5-10(19)12(9)16-24-13(14(21)27-16)15(25)23-11-8-22-28-17(11)26-7-2-1-6-20/h3-5,8H,1-2,6-7,20-21H2,(H,23,25). The van der Waals surface area contributed by atoms with Crippen molar-refractivity contribution in [2.24, 2.45) is 5.73 Å². The van der Waals surface area contributed by atoms with Gasteiger partial charge in [0.2, 0.25) is 5.06 Å². The van der Waals surface area contributed by atoms with Crippen molar-refractivity contribution in [2.75, 3.05) is 24.2 Å². The number of benzene rings is 1. The van der Waals surface area contributed by atoms with Gasteiger partial charge >= 0.3 is 0 Å². The maximum atomic E-state index is 14.0. The van der Waals surface area contributed by atoms with E-state index in [-0.39, 0.29) is 21.3 Å². The van der Waals surface area contributed by atoms with Gasteiger partial charge in [-0.1, -0.05) is 17.4 Å². The number of unbranched alkanes of at least 4 members (excludes halogenated alkanes) is 1. The van der Waals surface area contributed by atoms with E-state index in [2.05, 4.69) is 14.7 Å². The van der Waals surface area contributed by atoms with Crippen LogP contribution < -0.4 is 21.5 Å². The van der Waals surface area contributed by atoms with Gasteiger partial charge in [0.25, 0.3) is 5.91 Å². The molecule has 3 aromatic rings. The highest BCUT2D eigenvalue weighted by atomic mass is 32.1. The summed E-state index contributed by atoms with van der Waals surface area (Å²) in [7, 11) is 0. The average molecular weight is 425 g/mol. The summed E-state index contributed by atoms with van der Waals surface area (Å²) >= 11 is 1.92. The molecule has 0 aliphatic carbocycles. The van der Waals surface area contributed by atoms with E-state index >= 15 is 0 Å². The molecule has 11 heteroatoms. The zero-order chi connectivity index (χ0) is 20.1. The Morgan fingerprint density at radius 1 is 1.25 bits per heavy atom. The van der Waals surface area contributed by atoms with E-state index in [0.29, 0.717) is 23.9 Å². The predicted molar refractivity (Wildman–Crippen MR) is 106 cm³/mol. The van der Waals surface area contributed by atoms with Crippen LogP contribution in [0.4, 0.5) is 19.5 Å².